The smallest absolute Gasteiger partial charge is 0.129 e. The topological polar surface area (TPSA) is 42.1 Å². The summed E-state index contributed by atoms with van der Waals surface area (Å²) in [6.07, 6.45) is 7.76. The molecule has 0 spiro atoms. The molecule has 18 heavy (non-hydrogen) atoms. The van der Waals surface area contributed by atoms with E-state index in [0.29, 0.717) is 6.04 Å². The van der Waals surface area contributed by atoms with Gasteiger partial charge < -0.3 is 10.6 Å². The fourth-order valence-electron chi connectivity index (χ4n) is 2.83. The molecule has 0 amide bonds. The van der Waals surface area contributed by atoms with Gasteiger partial charge in [-0.15, -0.1) is 0 Å². The molecular weight excluding hydrogens is 222 g/mol. The van der Waals surface area contributed by atoms with Crippen LogP contribution in [-0.4, -0.2) is 24.1 Å². The summed E-state index contributed by atoms with van der Waals surface area (Å²) in [5.41, 5.74) is 6.77. The Hall–Kier alpha value is -1.09. The van der Waals surface area contributed by atoms with Crippen molar-refractivity contribution in [2.24, 2.45) is 5.73 Å². The van der Waals surface area contributed by atoms with Crippen LogP contribution in [0.5, 0.6) is 0 Å². The Bertz CT molecular complexity index is 359. The molecule has 0 radical (unpaired) electrons. The summed E-state index contributed by atoms with van der Waals surface area (Å²) in [6, 6.07) is 6.97. The second-order valence-electron chi connectivity index (χ2n) is 5.26. The summed E-state index contributed by atoms with van der Waals surface area (Å²) >= 11 is 0. The van der Waals surface area contributed by atoms with Gasteiger partial charge in [-0.1, -0.05) is 25.3 Å². The molecule has 1 saturated carbocycles. The second-order valence-corrected chi connectivity index (χ2v) is 5.26. The standard InChI is InChI=1S/C15H25N3/c1-13-7-5-10-15(17-13)18(12-6-11-16)14-8-3-2-4-9-14/h5,7,10,14H,2-4,6,8-9,11-12,16H2,1H3. The van der Waals surface area contributed by atoms with E-state index in [1.54, 1.807) is 0 Å². The summed E-state index contributed by atoms with van der Waals surface area (Å²) in [5, 5.41) is 0. The van der Waals surface area contributed by atoms with Crippen molar-refractivity contribution in [2.75, 3.05) is 18.0 Å². The summed E-state index contributed by atoms with van der Waals surface area (Å²) in [4.78, 5) is 7.17. The minimum Gasteiger partial charge on any atom is -0.354 e. The molecule has 0 saturated heterocycles. The van der Waals surface area contributed by atoms with Crippen LogP contribution in [0, 0.1) is 6.92 Å². The van der Waals surface area contributed by atoms with Crippen molar-refractivity contribution in [3.05, 3.63) is 23.9 Å². The number of rotatable bonds is 5. The number of nitrogens with two attached hydrogens (primary N) is 1. The lowest BCUT2D eigenvalue weighted by molar-refractivity contribution is 0.411. The molecule has 1 aliphatic rings. The van der Waals surface area contributed by atoms with Crippen LogP contribution in [-0.2, 0) is 0 Å². The van der Waals surface area contributed by atoms with Gasteiger partial charge in [-0.3, -0.25) is 0 Å². The normalized spacial score (nSPS) is 16.8. The maximum Gasteiger partial charge on any atom is 0.129 e. The number of hydrogen-bond donors (Lipinski definition) is 1. The first kappa shape index (κ1) is 13.3. The zero-order valence-electron chi connectivity index (χ0n) is 11.4. The molecule has 0 aliphatic heterocycles. The van der Waals surface area contributed by atoms with E-state index < -0.39 is 0 Å². The van der Waals surface area contributed by atoms with Gasteiger partial charge in [-0.25, -0.2) is 4.98 Å². The van der Waals surface area contributed by atoms with E-state index in [9.17, 15) is 0 Å². The molecule has 3 nitrogen and oxygen atoms in total. The third-order valence-electron chi connectivity index (χ3n) is 3.79. The quantitative estimate of drug-likeness (QED) is 0.870. The van der Waals surface area contributed by atoms with Crippen LogP contribution in [0.25, 0.3) is 0 Å². The minimum absolute atomic E-state index is 0.666. The monoisotopic (exact) mass is 247 g/mol. The first-order valence-electron chi connectivity index (χ1n) is 7.21. The number of aromatic nitrogens is 1. The minimum atomic E-state index is 0.666. The Morgan fingerprint density at radius 2 is 2.06 bits per heavy atom. The summed E-state index contributed by atoms with van der Waals surface area (Å²) in [6.45, 7) is 3.86. The van der Waals surface area contributed by atoms with Crippen molar-refractivity contribution < 1.29 is 0 Å². The fraction of sp³-hybridized carbons (Fsp3) is 0.667. The Balaban J connectivity index is 2.12. The van der Waals surface area contributed by atoms with Crippen LogP contribution in [0.2, 0.25) is 0 Å². The van der Waals surface area contributed by atoms with Gasteiger partial charge in [0.25, 0.3) is 0 Å². The number of aryl methyl sites for hydroxylation is 1. The third-order valence-corrected chi connectivity index (χ3v) is 3.79. The molecule has 0 bridgehead atoms. The molecule has 1 aromatic rings. The Morgan fingerprint density at radius 1 is 1.28 bits per heavy atom. The molecule has 1 heterocycles. The highest BCUT2D eigenvalue weighted by molar-refractivity contribution is 5.40. The molecule has 2 N–H and O–H groups in total. The SMILES string of the molecule is Cc1cccc(N(CCCN)C2CCCCC2)n1. The molecule has 0 atom stereocenters. The Labute approximate surface area is 110 Å². The van der Waals surface area contributed by atoms with Crippen molar-refractivity contribution >= 4 is 5.82 Å². The fourth-order valence-corrected chi connectivity index (χ4v) is 2.83. The lowest BCUT2D eigenvalue weighted by Gasteiger charge is -2.35. The van der Waals surface area contributed by atoms with Crippen LogP contribution >= 0.6 is 0 Å². The van der Waals surface area contributed by atoms with Crippen LogP contribution in [0.4, 0.5) is 5.82 Å². The molecule has 2 rings (SSSR count). The second kappa shape index (κ2) is 6.74. The number of nitrogens with zero attached hydrogens (tertiary/aromatic N) is 2. The van der Waals surface area contributed by atoms with E-state index >= 15 is 0 Å². The maximum absolute atomic E-state index is 5.67. The zero-order valence-corrected chi connectivity index (χ0v) is 11.4. The van der Waals surface area contributed by atoms with E-state index in [2.05, 4.69) is 35.0 Å². The molecular formula is C15H25N3. The van der Waals surface area contributed by atoms with Crippen LogP contribution in [0.1, 0.15) is 44.2 Å². The lowest BCUT2D eigenvalue weighted by Crippen LogP contribution is -2.38. The van der Waals surface area contributed by atoms with Gasteiger partial charge in [-0.05, 0) is 44.9 Å². The van der Waals surface area contributed by atoms with E-state index in [-0.39, 0.29) is 0 Å². The van der Waals surface area contributed by atoms with Gasteiger partial charge in [0.15, 0.2) is 0 Å². The first-order valence-corrected chi connectivity index (χ1v) is 7.21. The van der Waals surface area contributed by atoms with E-state index in [1.807, 2.05) is 0 Å². The van der Waals surface area contributed by atoms with Crippen LogP contribution in [0.3, 0.4) is 0 Å². The molecule has 100 valence electrons. The summed E-state index contributed by atoms with van der Waals surface area (Å²) < 4.78 is 0. The first-order chi connectivity index (χ1) is 8.81. The Morgan fingerprint density at radius 3 is 2.72 bits per heavy atom. The highest BCUT2D eigenvalue weighted by atomic mass is 15.2. The van der Waals surface area contributed by atoms with Crippen molar-refractivity contribution in [1.82, 2.24) is 4.98 Å². The van der Waals surface area contributed by atoms with E-state index in [1.165, 1.54) is 32.1 Å². The molecule has 0 unspecified atom stereocenters. The molecule has 1 aromatic heterocycles. The van der Waals surface area contributed by atoms with Crippen LogP contribution < -0.4 is 10.6 Å². The van der Waals surface area contributed by atoms with Crippen molar-refractivity contribution in [3.63, 3.8) is 0 Å². The van der Waals surface area contributed by atoms with Gasteiger partial charge in [0.05, 0.1) is 0 Å². The third kappa shape index (κ3) is 3.45. The van der Waals surface area contributed by atoms with Gasteiger partial charge in [0.1, 0.15) is 5.82 Å². The van der Waals surface area contributed by atoms with Crippen molar-refractivity contribution in [3.8, 4) is 0 Å². The predicted octanol–water partition coefficient (Wildman–Crippen LogP) is 2.88. The summed E-state index contributed by atoms with van der Waals surface area (Å²) in [5.74, 6) is 1.13. The van der Waals surface area contributed by atoms with Gasteiger partial charge in [0, 0.05) is 18.3 Å². The van der Waals surface area contributed by atoms with Gasteiger partial charge in [0.2, 0.25) is 0 Å². The molecule has 1 fully saturated rings. The van der Waals surface area contributed by atoms with E-state index in [0.717, 1.165) is 31.0 Å². The largest absolute Gasteiger partial charge is 0.354 e. The average Bonchev–Trinajstić information content (AvgIpc) is 2.40. The Kier molecular flexibility index (Phi) is 5.00. The number of hydrogen-bond acceptors (Lipinski definition) is 3. The number of anilines is 1. The van der Waals surface area contributed by atoms with E-state index in [4.69, 9.17) is 5.73 Å². The molecule has 1 aliphatic carbocycles. The number of pyridine rings is 1. The predicted molar refractivity (Wildman–Crippen MR) is 76.9 cm³/mol. The highest BCUT2D eigenvalue weighted by Crippen LogP contribution is 2.26. The average molecular weight is 247 g/mol. The lowest BCUT2D eigenvalue weighted by atomic mass is 9.94. The van der Waals surface area contributed by atoms with Crippen LogP contribution in [0.15, 0.2) is 18.2 Å². The van der Waals surface area contributed by atoms with Gasteiger partial charge in [-0.2, -0.15) is 0 Å². The van der Waals surface area contributed by atoms with Gasteiger partial charge >= 0.3 is 0 Å². The highest BCUT2D eigenvalue weighted by Gasteiger charge is 2.21. The zero-order chi connectivity index (χ0) is 12.8. The maximum atomic E-state index is 5.67. The van der Waals surface area contributed by atoms with Crippen molar-refractivity contribution in [1.29, 1.82) is 0 Å². The van der Waals surface area contributed by atoms with Crippen molar-refractivity contribution in [2.45, 2.75) is 51.5 Å². The molecule has 3 heteroatoms. The summed E-state index contributed by atoms with van der Waals surface area (Å²) in [7, 11) is 0. The molecule has 0 aromatic carbocycles.